The number of carbonyl (C=O) groups excluding carboxylic acids is 1. The minimum Gasteiger partial charge on any atom is -0.352 e. The first-order valence-corrected chi connectivity index (χ1v) is 9.02. The summed E-state index contributed by atoms with van der Waals surface area (Å²) in [6.45, 7) is 3.17. The molecule has 2 saturated heterocycles. The van der Waals surface area contributed by atoms with Crippen LogP contribution in [0, 0.1) is 11.8 Å². The highest BCUT2D eigenvalue weighted by Crippen LogP contribution is 2.32. The van der Waals surface area contributed by atoms with Gasteiger partial charge in [0.2, 0.25) is 5.91 Å². The van der Waals surface area contributed by atoms with Gasteiger partial charge in [0.25, 0.3) is 0 Å². The van der Waals surface area contributed by atoms with Crippen LogP contribution >= 0.6 is 0 Å². The molecule has 2 heterocycles. The Hall–Kier alpha value is -0.610. The van der Waals surface area contributed by atoms with E-state index in [0.29, 0.717) is 23.9 Å². The van der Waals surface area contributed by atoms with Gasteiger partial charge in [0.05, 0.1) is 0 Å². The summed E-state index contributed by atoms with van der Waals surface area (Å²) in [6.07, 6.45) is 10.8. The molecule has 1 saturated carbocycles. The van der Waals surface area contributed by atoms with Gasteiger partial charge in [-0.05, 0) is 57.5 Å². The van der Waals surface area contributed by atoms with E-state index in [4.69, 9.17) is 5.73 Å². The highest BCUT2D eigenvalue weighted by molar-refractivity contribution is 5.79. The van der Waals surface area contributed by atoms with Crippen molar-refractivity contribution in [2.75, 3.05) is 19.6 Å². The molecule has 4 atom stereocenters. The molecule has 1 amide bonds. The average molecular weight is 293 g/mol. The molecule has 0 aromatic heterocycles. The quantitative estimate of drug-likeness (QED) is 0.832. The van der Waals surface area contributed by atoms with Gasteiger partial charge in [-0.3, -0.25) is 9.69 Å². The molecule has 0 radical (unpaired) electrons. The molecular formula is C17H31N3O. The Kier molecular flexibility index (Phi) is 5.17. The minimum absolute atomic E-state index is 0.243. The highest BCUT2D eigenvalue weighted by Gasteiger charge is 2.37. The Bertz CT molecular complexity index is 358. The normalized spacial score (nSPS) is 37.2. The lowest BCUT2D eigenvalue weighted by Crippen LogP contribution is -2.48. The molecule has 120 valence electrons. The SMILES string of the molecule is NCCC1CCCC(C(=O)NC2CCN3CCCCC23)C1. The number of nitrogens with two attached hydrogens (primary N) is 1. The summed E-state index contributed by atoms with van der Waals surface area (Å²) < 4.78 is 0. The zero-order chi connectivity index (χ0) is 14.7. The molecule has 0 aromatic carbocycles. The summed E-state index contributed by atoms with van der Waals surface area (Å²) in [4.78, 5) is 15.2. The van der Waals surface area contributed by atoms with E-state index in [0.717, 1.165) is 32.2 Å². The van der Waals surface area contributed by atoms with E-state index in [1.54, 1.807) is 0 Å². The van der Waals surface area contributed by atoms with Gasteiger partial charge in [0.15, 0.2) is 0 Å². The number of hydrogen-bond donors (Lipinski definition) is 2. The van der Waals surface area contributed by atoms with Crippen molar-refractivity contribution < 1.29 is 4.79 Å². The Morgan fingerprint density at radius 3 is 2.86 bits per heavy atom. The molecule has 1 aliphatic carbocycles. The molecule has 4 heteroatoms. The van der Waals surface area contributed by atoms with Crippen LogP contribution in [0.3, 0.4) is 0 Å². The van der Waals surface area contributed by atoms with Crippen molar-refractivity contribution in [2.45, 2.75) is 69.9 Å². The zero-order valence-electron chi connectivity index (χ0n) is 13.2. The first-order valence-electron chi connectivity index (χ1n) is 9.02. The maximum atomic E-state index is 12.6. The van der Waals surface area contributed by atoms with Gasteiger partial charge in [-0.2, -0.15) is 0 Å². The molecule has 4 unspecified atom stereocenters. The fourth-order valence-corrected chi connectivity index (χ4v) is 4.74. The number of amides is 1. The van der Waals surface area contributed by atoms with Gasteiger partial charge < -0.3 is 11.1 Å². The van der Waals surface area contributed by atoms with Gasteiger partial charge in [0.1, 0.15) is 0 Å². The van der Waals surface area contributed by atoms with E-state index in [1.807, 2.05) is 0 Å². The lowest BCUT2D eigenvalue weighted by molar-refractivity contribution is -0.127. The van der Waals surface area contributed by atoms with Crippen LogP contribution in [0.4, 0.5) is 0 Å². The van der Waals surface area contributed by atoms with Gasteiger partial charge in [-0.15, -0.1) is 0 Å². The molecule has 4 nitrogen and oxygen atoms in total. The summed E-state index contributed by atoms with van der Waals surface area (Å²) in [5.41, 5.74) is 5.68. The Morgan fingerprint density at radius 2 is 2.00 bits per heavy atom. The van der Waals surface area contributed by atoms with Gasteiger partial charge in [0, 0.05) is 24.5 Å². The van der Waals surface area contributed by atoms with Gasteiger partial charge >= 0.3 is 0 Å². The van der Waals surface area contributed by atoms with Crippen molar-refractivity contribution >= 4 is 5.91 Å². The number of nitrogens with one attached hydrogen (secondary N) is 1. The third-order valence-corrected chi connectivity index (χ3v) is 5.91. The second-order valence-electron chi connectivity index (χ2n) is 7.31. The predicted molar refractivity (Wildman–Crippen MR) is 84.9 cm³/mol. The van der Waals surface area contributed by atoms with Crippen LogP contribution in [-0.4, -0.2) is 42.5 Å². The van der Waals surface area contributed by atoms with Crippen LogP contribution in [0.1, 0.15) is 57.8 Å². The largest absolute Gasteiger partial charge is 0.352 e. The number of rotatable bonds is 4. The van der Waals surface area contributed by atoms with E-state index in [2.05, 4.69) is 10.2 Å². The van der Waals surface area contributed by atoms with Crippen LogP contribution in [-0.2, 0) is 4.79 Å². The van der Waals surface area contributed by atoms with E-state index in [-0.39, 0.29) is 5.92 Å². The molecule has 0 aromatic rings. The summed E-state index contributed by atoms with van der Waals surface area (Å²) in [5.74, 6) is 1.25. The van der Waals surface area contributed by atoms with E-state index in [1.165, 1.54) is 45.2 Å². The second kappa shape index (κ2) is 7.10. The van der Waals surface area contributed by atoms with Gasteiger partial charge in [-0.1, -0.05) is 19.3 Å². The zero-order valence-corrected chi connectivity index (χ0v) is 13.2. The molecular weight excluding hydrogens is 262 g/mol. The second-order valence-corrected chi connectivity index (χ2v) is 7.31. The van der Waals surface area contributed by atoms with Crippen LogP contribution in [0.15, 0.2) is 0 Å². The highest BCUT2D eigenvalue weighted by atomic mass is 16.2. The van der Waals surface area contributed by atoms with Crippen molar-refractivity contribution in [1.82, 2.24) is 10.2 Å². The number of hydrogen-bond acceptors (Lipinski definition) is 3. The maximum Gasteiger partial charge on any atom is 0.223 e. The molecule has 0 spiro atoms. The van der Waals surface area contributed by atoms with Crippen LogP contribution in [0.5, 0.6) is 0 Å². The Balaban J connectivity index is 1.51. The summed E-state index contributed by atoms with van der Waals surface area (Å²) in [5, 5.41) is 3.40. The minimum atomic E-state index is 0.243. The first-order chi connectivity index (χ1) is 10.3. The molecule has 3 aliphatic rings. The fourth-order valence-electron chi connectivity index (χ4n) is 4.74. The number of fused-ring (bicyclic) bond motifs is 1. The standard InChI is InChI=1S/C17H31N3O/c18-9-7-13-4-3-5-14(12-13)17(21)19-15-8-11-20-10-2-1-6-16(15)20/h13-16H,1-12,18H2,(H,19,21). The summed E-state index contributed by atoms with van der Waals surface area (Å²) in [6, 6.07) is 1.03. The lowest BCUT2D eigenvalue weighted by Gasteiger charge is -2.34. The average Bonchev–Trinajstić information content (AvgIpc) is 2.91. The van der Waals surface area contributed by atoms with Crippen molar-refractivity contribution in [1.29, 1.82) is 0 Å². The van der Waals surface area contributed by atoms with Gasteiger partial charge in [-0.25, -0.2) is 0 Å². The number of carbonyl (C=O) groups is 1. The van der Waals surface area contributed by atoms with Crippen molar-refractivity contribution in [2.24, 2.45) is 17.6 Å². The third kappa shape index (κ3) is 3.59. The number of nitrogens with zero attached hydrogens (tertiary/aromatic N) is 1. The van der Waals surface area contributed by atoms with Crippen LogP contribution in [0.2, 0.25) is 0 Å². The maximum absolute atomic E-state index is 12.6. The fraction of sp³-hybridized carbons (Fsp3) is 0.941. The Morgan fingerprint density at radius 1 is 1.10 bits per heavy atom. The van der Waals surface area contributed by atoms with E-state index in [9.17, 15) is 4.79 Å². The van der Waals surface area contributed by atoms with Crippen LogP contribution < -0.4 is 11.1 Å². The van der Waals surface area contributed by atoms with Crippen LogP contribution in [0.25, 0.3) is 0 Å². The molecule has 0 bridgehead atoms. The van der Waals surface area contributed by atoms with E-state index < -0.39 is 0 Å². The summed E-state index contributed by atoms with van der Waals surface area (Å²) >= 11 is 0. The number of piperidine rings is 1. The lowest BCUT2D eigenvalue weighted by atomic mass is 9.79. The Labute approximate surface area is 128 Å². The topological polar surface area (TPSA) is 58.4 Å². The van der Waals surface area contributed by atoms with E-state index >= 15 is 0 Å². The molecule has 21 heavy (non-hydrogen) atoms. The molecule has 2 aliphatic heterocycles. The first kappa shape index (κ1) is 15.3. The molecule has 3 fully saturated rings. The van der Waals surface area contributed by atoms with Crippen molar-refractivity contribution in [3.8, 4) is 0 Å². The third-order valence-electron chi connectivity index (χ3n) is 5.91. The monoisotopic (exact) mass is 293 g/mol. The van der Waals surface area contributed by atoms with Crippen molar-refractivity contribution in [3.63, 3.8) is 0 Å². The van der Waals surface area contributed by atoms with Crippen molar-refractivity contribution in [3.05, 3.63) is 0 Å². The molecule has 3 N–H and O–H groups in total. The smallest absolute Gasteiger partial charge is 0.223 e. The predicted octanol–water partition coefficient (Wildman–Crippen LogP) is 1.88. The molecule has 3 rings (SSSR count). The summed E-state index contributed by atoms with van der Waals surface area (Å²) in [7, 11) is 0.